The summed E-state index contributed by atoms with van der Waals surface area (Å²) in [6, 6.07) is 7.46. The molecular formula is C16H20N2O4. The van der Waals surface area contributed by atoms with Crippen LogP contribution in [0.4, 0.5) is 0 Å². The van der Waals surface area contributed by atoms with E-state index in [1.807, 2.05) is 31.2 Å². The molecule has 2 amide bonds. The summed E-state index contributed by atoms with van der Waals surface area (Å²) in [5.41, 5.74) is 5.56. The highest BCUT2D eigenvalue weighted by atomic mass is 16.5. The number of hydrogen-bond donors (Lipinski definition) is 2. The van der Waals surface area contributed by atoms with Crippen LogP contribution in [0.5, 0.6) is 5.75 Å². The second-order valence-corrected chi connectivity index (χ2v) is 6.07. The molecule has 0 unspecified atom stereocenters. The van der Waals surface area contributed by atoms with Crippen LogP contribution in [0, 0.1) is 5.92 Å². The number of primary amides is 1. The van der Waals surface area contributed by atoms with Gasteiger partial charge >= 0.3 is 0 Å². The molecule has 118 valence electrons. The Morgan fingerprint density at radius 3 is 2.91 bits per heavy atom. The van der Waals surface area contributed by atoms with Gasteiger partial charge in [0.15, 0.2) is 5.72 Å². The van der Waals surface area contributed by atoms with Crippen molar-refractivity contribution >= 4 is 11.8 Å². The summed E-state index contributed by atoms with van der Waals surface area (Å²) in [5.74, 6) is -1.37. The highest BCUT2D eigenvalue weighted by Gasteiger charge is 2.55. The molecule has 0 saturated carbocycles. The molecule has 1 saturated heterocycles. The molecule has 0 aliphatic carbocycles. The minimum absolute atomic E-state index is 0.0267. The fraction of sp³-hybridized carbons (Fsp3) is 0.500. The fourth-order valence-corrected chi connectivity index (χ4v) is 3.61. The van der Waals surface area contributed by atoms with Gasteiger partial charge in [0, 0.05) is 25.5 Å². The third-order valence-corrected chi connectivity index (χ3v) is 4.60. The van der Waals surface area contributed by atoms with Crippen LogP contribution in [0.15, 0.2) is 24.3 Å². The lowest BCUT2D eigenvalue weighted by molar-refractivity contribution is -0.175. The Labute approximate surface area is 128 Å². The summed E-state index contributed by atoms with van der Waals surface area (Å²) in [6.07, 6.45) is 0.956. The molecule has 0 aromatic heterocycles. The third kappa shape index (κ3) is 2.14. The Morgan fingerprint density at radius 2 is 2.23 bits per heavy atom. The lowest BCUT2D eigenvalue weighted by atomic mass is 9.73. The Bertz CT molecular complexity index is 618. The monoisotopic (exact) mass is 304 g/mol. The van der Waals surface area contributed by atoms with E-state index in [0.29, 0.717) is 25.1 Å². The normalized spacial score (nSPS) is 29.7. The topological polar surface area (TPSA) is 92.9 Å². The Balaban J connectivity index is 2.07. The van der Waals surface area contributed by atoms with Crippen LogP contribution >= 0.6 is 0 Å². The summed E-state index contributed by atoms with van der Waals surface area (Å²) in [4.78, 5) is 26.2. The average Bonchev–Trinajstić information content (AvgIpc) is 2.46. The van der Waals surface area contributed by atoms with Crippen LogP contribution in [0.2, 0.25) is 0 Å². The Morgan fingerprint density at radius 1 is 1.50 bits per heavy atom. The van der Waals surface area contributed by atoms with Crippen molar-refractivity contribution in [1.29, 1.82) is 0 Å². The zero-order chi connectivity index (χ0) is 15.9. The number of hydrogen-bond acceptors (Lipinski definition) is 4. The fourth-order valence-electron chi connectivity index (χ4n) is 3.61. The number of rotatable bonds is 4. The summed E-state index contributed by atoms with van der Waals surface area (Å²) in [5, 5.41) is 9.05. The standard InChI is InChI=1S/C16H20N2O4/c1-16-9-11(10-5-2-3-6-12(10)22-16)13(14(17)20)15(21)18(16)7-4-8-19/h2-3,5-6,11,13,19H,4,7-9H2,1H3,(H2,17,20)/t11-,13-,16-/m0/s1. The van der Waals surface area contributed by atoms with Crippen LogP contribution in [-0.4, -0.2) is 40.7 Å². The predicted octanol–water partition coefficient (Wildman–Crippen LogP) is 0.595. The van der Waals surface area contributed by atoms with E-state index in [4.69, 9.17) is 15.6 Å². The first-order chi connectivity index (χ1) is 10.5. The molecule has 3 atom stereocenters. The molecule has 22 heavy (non-hydrogen) atoms. The molecule has 1 aromatic carbocycles. The third-order valence-electron chi connectivity index (χ3n) is 4.60. The van der Waals surface area contributed by atoms with E-state index in [0.717, 1.165) is 5.56 Å². The number of benzene rings is 1. The minimum atomic E-state index is -0.878. The highest BCUT2D eigenvalue weighted by molar-refractivity contribution is 6.01. The number of fused-ring (bicyclic) bond motifs is 4. The van der Waals surface area contributed by atoms with E-state index in [1.165, 1.54) is 0 Å². The smallest absolute Gasteiger partial charge is 0.238 e. The number of carbonyl (C=O) groups is 2. The number of nitrogens with zero attached hydrogens (tertiary/aromatic N) is 1. The molecule has 0 spiro atoms. The van der Waals surface area contributed by atoms with Gasteiger partial charge in [-0.2, -0.15) is 0 Å². The van der Waals surface area contributed by atoms with Gasteiger partial charge in [0.1, 0.15) is 11.7 Å². The number of likely N-dealkylation sites (tertiary alicyclic amines) is 1. The molecule has 2 aliphatic heterocycles. The van der Waals surface area contributed by atoms with Crippen molar-refractivity contribution in [2.24, 2.45) is 11.7 Å². The van der Waals surface area contributed by atoms with Crippen LogP contribution in [0.3, 0.4) is 0 Å². The summed E-state index contributed by atoms with van der Waals surface area (Å²) < 4.78 is 6.07. The molecule has 1 fully saturated rings. The summed E-state index contributed by atoms with van der Waals surface area (Å²) in [6.45, 7) is 2.16. The van der Waals surface area contributed by atoms with E-state index in [1.54, 1.807) is 4.90 Å². The number of ether oxygens (including phenoxy) is 1. The van der Waals surface area contributed by atoms with Crippen molar-refractivity contribution in [3.8, 4) is 5.75 Å². The van der Waals surface area contributed by atoms with Gasteiger partial charge in [0.2, 0.25) is 11.8 Å². The molecule has 2 bridgehead atoms. The zero-order valence-corrected chi connectivity index (χ0v) is 12.5. The van der Waals surface area contributed by atoms with E-state index >= 15 is 0 Å². The number of nitrogens with two attached hydrogens (primary N) is 1. The van der Waals surface area contributed by atoms with Gasteiger partial charge in [0.25, 0.3) is 0 Å². The molecular weight excluding hydrogens is 284 g/mol. The molecule has 0 radical (unpaired) electrons. The van der Waals surface area contributed by atoms with Crippen LogP contribution in [-0.2, 0) is 9.59 Å². The maximum atomic E-state index is 12.8. The maximum Gasteiger partial charge on any atom is 0.238 e. The Hall–Kier alpha value is -2.08. The molecule has 3 N–H and O–H groups in total. The van der Waals surface area contributed by atoms with Crippen LogP contribution in [0.25, 0.3) is 0 Å². The zero-order valence-electron chi connectivity index (χ0n) is 12.5. The van der Waals surface area contributed by atoms with Crippen molar-refractivity contribution in [3.05, 3.63) is 29.8 Å². The van der Waals surface area contributed by atoms with Gasteiger partial charge < -0.3 is 20.5 Å². The van der Waals surface area contributed by atoms with Gasteiger partial charge in [-0.25, -0.2) is 0 Å². The molecule has 3 rings (SSSR count). The number of aliphatic hydroxyl groups is 1. The second-order valence-electron chi connectivity index (χ2n) is 6.07. The van der Waals surface area contributed by atoms with Crippen molar-refractivity contribution in [2.45, 2.75) is 31.4 Å². The van der Waals surface area contributed by atoms with E-state index in [-0.39, 0.29) is 18.4 Å². The number of aliphatic hydroxyl groups excluding tert-OH is 1. The highest BCUT2D eigenvalue weighted by Crippen LogP contribution is 2.49. The minimum Gasteiger partial charge on any atom is -0.468 e. The van der Waals surface area contributed by atoms with E-state index < -0.39 is 17.6 Å². The molecule has 6 nitrogen and oxygen atoms in total. The SMILES string of the molecule is C[C@@]12C[C@@H](c3ccccc3O1)[C@@H](C(N)=O)C(=O)N2CCCO. The second kappa shape index (κ2) is 5.28. The van der Waals surface area contributed by atoms with Crippen LogP contribution in [0.1, 0.15) is 31.2 Å². The largest absolute Gasteiger partial charge is 0.468 e. The van der Waals surface area contributed by atoms with Crippen molar-refractivity contribution in [2.75, 3.05) is 13.2 Å². The van der Waals surface area contributed by atoms with Crippen molar-refractivity contribution < 1.29 is 19.4 Å². The number of carbonyl (C=O) groups excluding carboxylic acids is 2. The van der Waals surface area contributed by atoms with Crippen molar-refractivity contribution in [1.82, 2.24) is 4.90 Å². The molecule has 2 aliphatic rings. The average molecular weight is 304 g/mol. The van der Waals surface area contributed by atoms with E-state index in [9.17, 15) is 9.59 Å². The molecule has 6 heteroatoms. The Kier molecular flexibility index (Phi) is 3.56. The van der Waals surface area contributed by atoms with E-state index in [2.05, 4.69) is 0 Å². The van der Waals surface area contributed by atoms with Gasteiger partial charge in [-0.15, -0.1) is 0 Å². The van der Waals surface area contributed by atoms with Gasteiger partial charge in [-0.05, 0) is 25.0 Å². The maximum absolute atomic E-state index is 12.8. The van der Waals surface area contributed by atoms with Gasteiger partial charge in [0.05, 0.1) is 0 Å². The summed E-state index contributed by atoms with van der Waals surface area (Å²) in [7, 11) is 0. The molecule has 2 heterocycles. The molecule has 1 aromatic rings. The predicted molar refractivity (Wildman–Crippen MR) is 78.9 cm³/mol. The first kappa shape index (κ1) is 14.8. The first-order valence-electron chi connectivity index (χ1n) is 7.47. The van der Waals surface area contributed by atoms with Gasteiger partial charge in [-0.3, -0.25) is 9.59 Å². The lowest BCUT2D eigenvalue weighted by Crippen LogP contribution is -2.64. The van der Waals surface area contributed by atoms with Gasteiger partial charge in [-0.1, -0.05) is 18.2 Å². The first-order valence-corrected chi connectivity index (χ1v) is 7.47. The van der Waals surface area contributed by atoms with Crippen molar-refractivity contribution in [3.63, 3.8) is 0 Å². The number of para-hydroxylation sites is 1. The lowest BCUT2D eigenvalue weighted by Gasteiger charge is -2.52. The van der Waals surface area contributed by atoms with Crippen LogP contribution < -0.4 is 10.5 Å². The summed E-state index contributed by atoms with van der Waals surface area (Å²) >= 11 is 0. The quantitative estimate of drug-likeness (QED) is 0.796. The number of amides is 2. The number of piperidine rings is 1.